The lowest BCUT2D eigenvalue weighted by atomic mass is 9.85. The van der Waals surface area contributed by atoms with E-state index in [9.17, 15) is 4.79 Å². The Labute approximate surface area is 234 Å². The van der Waals surface area contributed by atoms with Crippen molar-refractivity contribution in [2.75, 3.05) is 34.3 Å². The number of hydrogen-bond donors (Lipinski definition) is 0. The number of ether oxygens (including phenoxy) is 1. The summed E-state index contributed by atoms with van der Waals surface area (Å²) in [7, 11) is 6.53. The van der Waals surface area contributed by atoms with Crippen LogP contribution in [0.3, 0.4) is 0 Å². The van der Waals surface area contributed by atoms with Crippen molar-refractivity contribution in [3.63, 3.8) is 0 Å². The molecule has 200 valence electrons. The molecule has 0 saturated heterocycles. The van der Waals surface area contributed by atoms with Crippen LogP contribution in [0.4, 0.5) is 0 Å². The molecular weight excluding hydrogens is 478 g/mol. The van der Waals surface area contributed by atoms with Crippen LogP contribution in [0.2, 0.25) is 0 Å². The maximum atomic E-state index is 12.8. The Morgan fingerprint density at radius 1 is 0.564 bits per heavy atom. The number of nitrogens with zero attached hydrogens (tertiary/aromatic N) is 1. The number of unbranched alkanes of at least 4 members (excludes halogenated alkanes) is 1. The van der Waals surface area contributed by atoms with Gasteiger partial charge in [0.2, 0.25) is 0 Å². The van der Waals surface area contributed by atoms with E-state index in [-0.39, 0.29) is 5.97 Å². The molecule has 0 N–H and O–H groups in total. The summed E-state index contributed by atoms with van der Waals surface area (Å²) in [5, 5.41) is 0. The highest BCUT2D eigenvalue weighted by atomic mass is 16.5. The van der Waals surface area contributed by atoms with Crippen LogP contribution in [0.25, 0.3) is 11.1 Å². The Morgan fingerprint density at radius 2 is 0.974 bits per heavy atom. The summed E-state index contributed by atoms with van der Waals surface area (Å²) in [6.45, 7) is 5.72. The lowest BCUT2D eigenvalue weighted by Crippen LogP contribution is -2.35. The van der Waals surface area contributed by atoms with Gasteiger partial charge in [0.1, 0.15) is 0 Å². The number of carbonyl (C=O) groups is 1. The van der Waals surface area contributed by atoms with E-state index >= 15 is 0 Å². The number of hydrogen-bond acceptors (Lipinski definition) is 2. The van der Waals surface area contributed by atoms with Crippen LogP contribution in [0.15, 0.2) is 103 Å². The van der Waals surface area contributed by atoms with Gasteiger partial charge in [0.15, 0.2) is 0 Å². The van der Waals surface area contributed by atoms with E-state index in [0.29, 0.717) is 12.2 Å². The molecule has 0 bridgehead atoms. The zero-order valence-corrected chi connectivity index (χ0v) is 23.9. The van der Waals surface area contributed by atoms with E-state index in [0.717, 1.165) is 57.3 Å². The number of rotatable bonds is 10. The van der Waals surface area contributed by atoms with E-state index in [1.165, 1.54) is 11.1 Å². The maximum absolute atomic E-state index is 12.8. The Hall–Kier alpha value is -3.95. The van der Waals surface area contributed by atoms with Gasteiger partial charge in [-0.25, -0.2) is 4.79 Å². The lowest BCUT2D eigenvalue weighted by molar-refractivity contribution is -0.870. The number of quaternary nitrogens is 1. The molecule has 0 aliphatic rings. The average Bonchev–Trinajstić information content (AvgIpc) is 2.93. The zero-order valence-electron chi connectivity index (χ0n) is 23.9. The summed E-state index contributed by atoms with van der Waals surface area (Å²) in [6.07, 6.45) is 1.90. The van der Waals surface area contributed by atoms with Crippen molar-refractivity contribution in [2.45, 2.75) is 26.7 Å². The number of benzene rings is 4. The molecule has 3 heteroatoms. The molecule has 0 aromatic heterocycles. The number of aryl methyl sites for hydroxylation is 2. The predicted molar refractivity (Wildman–Crippen MR) is 163 cm³/mol. The SMILES string of the molecule is Cc1ccc(/C(=C(\c2ccc(C)cc2)c2ccc(C(=O)OCCCC[N+](C)(C)C)cc2)c2ccccc2)cc1. The van der Waals surface area contributed by atoms with Crippen molar-refractivity contribution >= 4 is 17.1 Å². The Balaban J connectivity index is 1.71. The largest absolute Gasteiger partial charge is 0.462 e. The first-order valence-electron chi connectivity index (χ1n) is 13.7. The molecule has 0 spiro atoms. The molecule has 4 aromatic carbocycles. The molecule has 0 aliphatic carbocycles. The quantitative estimate of drug-likeness (QED) is 0.0921. The minimum atomic E-state index is -0.269. The predicted octanol–water partition coefficient (Wildman–Crippen LogP) is 7.95. The van der Waals surface area contributed by atoms with Crippen LogP contribution >= 0.6 is 0 Å². The normalized spacial score (nSPS) is 12.1. The Kier molecular flexibility index (Phi) is 9.16. The van der Waals surface area contributed by atoms with Crippen LogP contribution < -0.4 is 0 Å². The highest BCUT2D eigenvalue weighted by molar-refractivity contribution is 6.04. The third-order valence-corrected chi connectivity index (χ3v) is 6.86. The molecule has 3 nitrogen and oxygen atoms in total. The highest BCUT2D eigenvalue weighted by Crippen LogP contribution is 2.37. The van der Waals surface area contributed by atoms with Gasteiger partial charge in [0.05, 0.1) is 39.9 Å². The van der Waals surface area contributed by atoms with Crippen LogP contribution in [0, 0.1) is 13.8 Å². The number of esters is 1. The first kappa shape index (κ1) is 28.1. The molecule has 4 aromatic rings. The average molecular weight is 519 g/mol. The summed E-state index contributed by atoms with van der Waals surface area (Å²) < 4.78 is 6.50. The van der Waals surface area contributed by atoms with Crippen LogP contribution in [-0.2, 0) is 4.74 Å². The molecule has 39 heavy (non-hydrogen) atoms. The summed E-state index contributed by atoms with van der Waals surface area (Å²) in [5.74, 6) is -0.269. The van der Waals surface area contributed by atoms with Gasteiger partial charge in [-0.2, -0.15) is 0 Å². The number of carbonyl (C=O) groups excluding carboxylic acids is 1. The van der Waals surface area contributed by atoms with Crippen molar-refractivity contribution in [1.29, 1.82) is 0 Å². The molecule has 0 fully saturated rings. The summed E-state index contributed by atoms with van der Waals surface area (Å²) in [4.78, 5) is 12.8. The minimum Gasteiger partial charge on any atom is -0.462 e. The molecular formula is C36H40NO2+. The Bertz CT molecular complexity index is 1390. The van der Waals surface area contributed by atoms with Crippen LogP contribution in [-0.4, -0.2) is 44.7 Å². The minimum absolute atomic E-state index is 0.269. The fraction of sp³-hybridized carbons (Fsp3) is 0.250. The van der Waals surface area contributed by atoms with Crippen LogP contribution in [0.1, 0.15) is 56.6 Å². The topological polar surface area (TPSA) is 26.3 Å². The molecule has 0 amide bonds. The van der Waals surface area contributed by atoms with Gasteiger partial charge in [0, 0.05) is 0 Å². The second-order valence-electron chi connectivity index (χ2n) is 11.3. The molecule has 0 aliphatic heterocycles. The van der Waals surface area contributed by atoms with Crippen molar-refractivity contribution in [2.24, 2.45) is 0 Å². The summed E-state index contributed by atoms with van der Waals surface area (Å²) >= 11 is 0. The fourth-order valence-corrected chi connectivity index (χ4v) is 4.67. The van der Waals surface area contributed by atoms with Gasteiger partial charge < -0.3 is 9.22 Å². The third-order valence-electron chi connectivity index (χ3n) is 6.86. The zero-order chi connectivity index (χ0) is 27.8. The third kappa shape index (κ3) is 7.78. The monoisotopic (exact) mass is 518 g/mol. The van der Waals surface area contributed by atoms with Crippen molar-refractivity contribution in [1.82, 2.24) is 0 Å². The van der Waals surface area contributed by atoms with E-state index in [1.807, 2.05) is 30.3 Å². The van der Waals surface area contributed by atoms with Crippen molar-refractivity contribution < 1.29 is 14.0 Å². The first-order valence-corrected chi connectivity index (χ1v) is 13.7. The fourth-order valence-electron chi connectivity index (χ4n) is 4.67. The standard InChI is InChI=1S/C36H40NO2/c1-27-13-17-30(18-14-27)34(29-11-7-6-8-12-29)35(31-19-15-28(2)16-20-31)32-21-23-33(24-22-32)36(38)39-26-10-9-25-37(3,4)5/h6-8,11-24H,9-10,25-26H2,1-5H3/q+1/b35-34+. The van der Waals surface area contributed by atoms with Crippen molar-refractivity contribution in [3.8, 4) is 0 Å². The van der Waals surface area contributed by atoms with Gasteiger partial charge in [-0.3, -0.25) is 0 Å². The van der Waals surface area contributed by atoms with Gasteiger partial charge in [-0.1, -0.05) is 102 Å². The smallest absolute Gasteiger partial charge is 0.338 e. The Morgan fingerprint density at radius 3 is 1.44 bits per heavy atom. The van der Waals surface area contributed by atoms with E-state index in [2.05, 4.69) is 108 Å². The van der Waals surface area contributed by atoms with Gasteiger partial charge in [0.25, 0.3) is 0 Å². The molecule has 0 atom stereocenters. The lowest BCUT2D eigenvalue weighted by Gasteiger charge is -2.23. The molecule has 0 unspecified atom stereocenters. The van der Waals surface area contributed by atoms with Gasteiger partial charge in [-0.05, 0) is 72.2 Å². The molecule has 4 rings (SSSR count). The maximum Gasteiger partial charge on any atom is 0.338 e. The second-order valence-corrected chi connectivity index (χ2v) is 11.3. The van der Waals surface area contributed by atoms with E-state index in [4.69, 9.17) is 4.74 Å². The summed E-state index contributed by atoms with van der Waals surface area (Å²) in [5.41, 5.74) is 9.79. The first-order chi connectivity index (χ1) is 18.7. The van der Waals surface area contributed by atoms with Gasteiger partial charge >= 0.3 is 5.97 Å². The highest BCUT2D eigenvalue weighted by Gasteiger charge is 2.17. The molecule has 0 heterocycles. The van der Waals surface area contributed by atoms with Crippen molar-refractivity contribution in [3.05, 3.63) is 142 Å². The van der Waals surface area contributed by atoms with E-state index in [1.54, 1.807) is 0 Å². The van der Waals surface area contributed by atoms with E-state index < -0.39 is 0 Å². The second kappa shape index (κ2) is 12.7. The molecule has 0 saturated carbocycles. The van der Waals surface area contributed by atoms with Gasteiger partial charge in [-0.15, -0.1) is 0 Å². The molecule has 0 radical (unpaired) electrons. The summed E-state index contributed by atoms with van der Waals surface area (Å²) in [6, 6.07) is 35.7. The van der Waals surface area contributed by atoms with Crippen LogP contribution in [0.5, 0.6) is 0 Å².